The van der Waals surface area contributed by atoms with Crippen LogP contribution in [0.5, 0.6) is 5.88 Å². The first-order valence-electron chi connectivity index (χ1n) is 15.3. The first-order valence-corrected chi connectivity index (χ1v) is 15.7. The number of nitriles is 1. The van der Waals surface area contributed by atoms with E-state index in [9.17, 15) is 10.1 Å². The van der Waals surface area contributed by atoms with E-state index in [0.29, 0.717) is 58.6 Å². The zero-order chi connectivity index (χ0) is 31.8. The Morgan fingerprint density at radius 2 is 2.02 bits per heavy atom. The molecule has 2 aliphatic rings. The minimum absolute atomic E-state index is 0.167. The molecule has 4 heterocycles. The van der Waals surface area contributed by atoms with Crippen LogP contribution in [0.3, 0.4) is 0 Å². The number of piperidine rings is 1. The zero-order valence-electron chi connectivity index (χ0n) is 25.9. The first kappa shape index (κ1) is 30.8. The SMILES string of the molecule is CC#CC(=O)N1CC[C@H](n2nnc3c(OC[C@@H]4CCCN4C)nc4c(F)c(-c5cccc(Cl)c5C)c(C)cc4c32)C[C@H]1CC#N. The Labute approximate surface area is 266 Å². The lowest BCUT2D eigenvalue weighted by atomic mass is 9.93. The highest BCUT2D eigenvalue weighted by atomic mass is 35.5. The van der Waals surface area contributed by atoms with Crippen LogP contribution >= 0.6 is 11.6 Å². The molecule has 232 valence electrons. The number of likely N-dealkylation sites (N-methyl/N-ethyl adjacent to an activating group) is 1. The van der Waals surface area contributed by atoms with Crippen molar-refractivity contribution in [3.8, 4) is 34.9 Å². The monoisotopic (exact) mass is 627 g/mol. The number of aromatic nitrogens is 4. The molecule has 0 unspecified atom stereocenters. The summed E-state index contributed by atoms with van der Waals surface area (Å²) in [7, 11) is 2.07. The fraction of sp³-hybridized carbons (Fsp3) is 0.441. The van der Waals surface area contributed by atoms with Gasteiger partial charge < -0.3 is 14.5 Å². The fourth-order valence-corrected chi connectivity index (χ4v) is 7.00. The molecule has 9 nitrogen and oxygen atoms in total. The van der Waals surface area contributed by atoms with Crippen molar-refractivity contribution in [2.75, 3.05) is 26.7 Å². The number of amides is 1. The van der Waals surface area contributed by atoms with Crippen LogP contribution in [0.25, 0.3) is 33.1 Å². The van der Waals surface area contributed by atoms with Gasteiger partial charge in [-0.25, -0.2) is 14.1 Å². The van der Waals surface area contributed by atoms with Gasteiger partial charge in [-0.2, -0.15) is 5.26 Å². The van der Waals surface area contributed by atoms with Crippen LogP contribution in [-0.2, 0) is 4.79 Å². The molecule has 2 saturated heterocycles. The summed E-state index contributed by atoms with van der Waals surface area (Å²) in [5, 5.41) is 19.8. The molecule has 2 aromatic heterocycles. The number of carbonyl (C=O) groups is 1. The maximum absolute atomic E-state index is 16.8. The molecule has 0 bridgehead atoms. The molecule has 0 spiro atoms. The second kappa shape index (κ2) is 12.6. The molecule has 3 atom stereocenters. The van der Waals surface area contributed by atoms with Crippen LogP contribution in [0, 0.1) is 42.8 Å². The molecule has 2 fully saturated rings. The Bertz CT molecular complexity index is 1910. The lowest BCUT2D eigenvalue weighted by Crippen LogP contribution is -2.46. The van der Waals surface area contributed by atoms with Gasteiger partial charge in [-0.1, -0.05) is 34.9 Å². The van der Waals surface area contributed by atoms with Gasteiger partial charge in [-0.15, -0.1) is 5.10 Å². The van der Waals surface area contributed by atoms with Gasteiger partial charge in [-0.3, -0.25) is 4.79 Å². The average molecular weight is 628 g/mol. The van der Waals surface area contributed by atoms with Gasteiger partial charge >= 0.3 is 0 Å². The van der Waals surface area contributed by atoms with Crippen LogP contribution < -0.4 is 4.74 Å². The summed E-state index contributed by atoms with van der Waals surface area (Å²) in [4.78, 5) is 21.4. The Morgan fingerprint density at radius 1 is 1.20 bits per heavy atom. The average Bonchev–Trinajstić information content (AvgIpc) is 3.65. The predicted molar refractivity (Wildman–Crippen MR) is 171 cm³/mol. The van der Waals surface area contributed by atoms with E-state index < -0.39 is 5.82 Å². The van der Waals surface area contributed by atoms with E-state index >= 15 is 4.39 Å². The van der Waals surface area contributed by atoms with Crippen molar-refractivity contribution in [1.82, 2.24) is 29.8 Å². The number of aryl methyl sites for hydroxylation is 1. The number of benzene rings is 2. The third-order valence-electron chi connectivity index (χ3n) is 9.28. The number of hydrogen-bond donors (Lipinski definition) is 0. The predicted octanol–water partition coefficient (Wildman–Crippen LogP) is 6.00. The maximum Gasteiger partial charge on any atom is 0.298 e. The number of ether oxygens (including phenoxy) is 1. The quantitative estimate of drug-likeness (QED) is 0.242. The molecule has 4 aromatic rings. The lowest BCUT2D eigenvalue weighted by molar-refractivity contribution is -0.129. The summed E-state index contributed by atoms with van der Waals surface area (Å²) in [5.41, 5.74) is 3.90. The van der Waals surface area contributed by atoms with E-state index in [4.69, 9.17) is 21.3 Å². The number of fused-ring (bicyclic) bond motifs is 3. The van der Waals surface area contributed by atoms with Crippen molar-refractivity contribution in [2.24, 2.45) is 0 Å². The normalized spacial score (nSPS) is 20.3. The third kappa shape index (κ3) is 5.58. The van der Waals surface area contributed by atoms with Gasteiger partial charge in [0.15, 0.2) is 11.3 Å². The minimum atomic E-state index is -0.464. The highest BCUT2D eigenvalue weighted by Crippen LogP contribution is 2.41. The smallest absolute Gasteiger partial charge is 0.298 e. The first-order chi connectivity index (χ1) is 21.7. The number of rotatable bonds is 6. The summed E-state index contributed by atoms with van der Waals surface area (Å²) >= 11 is 6.44. The van der Waals surface area contributed by atoms with Crippen molar-refractivity contribution < 1.29 is 13.9 Å². The number of likely N-dealkylation sites (tertiary alicyclic amines) is 2. The Kier molecular flexibility index (Phi) is 8.63. The van der Waals surface area contributed by atoms with Gasteiger partial charge in [-0.05, 0) is 94.8 Å². The van der Waals surface area contributed by atoms with Crippen LogP contribution in [0.1, 0.15) is 56.2 Å². The topological polar surface area (TPSA) is 100 Å². The summed E-state index contributed by atoms with van der Waals surface area (Å²) in [6, 6.07) is 9.32. The molecular formula is C34H35ClFN7O2. The number of nitrogens with zero attached hydrogens (tertiary/aromatic N) is 7. The second-order valence-corrected chi connectivity index (χ2v) is 12.4. The van der Waals surface area contributed by atoms with Crippen molar-refractivity contribution in [2.45, 2.75) is 71.0 Å². The molecule has 6 rings (SSSR count). The van der Waals surface area contributed by atoms with Gasteiger partial charge in [0.25, 0.3) is 5.91 Å². The van der Waals surface area contributed by atoms with Crippen molar-refractivity contribution in [3.05, 3.63) is 46.2 Å². The van der Waals surface area contributed by atoms with Gasteiger partial charge in [0.2, 0.25) is 5.88 Å². The van der Waals surface area contributed by atoms with Crippen molar-refractivity contribution >= 4 is 39.4 Å². The molecule has 11 heteroatoms. The number of hydrogen-bond acceptors (Lipinski definition) is 7. The van der Waals surface area contributed by atoms with Crippen molar-refractivity contribution in [1.29, 1.82) is 5.26 Å². The Balaban J connectivity index is 1.51. The molecule has 2 aliphatic heterocycles. The molecule has 0 radical (unpaired) electrons. The Hall–Kier alpha value is -4.25. The zero-order valence-corrected chi connectivity index (χ0v) is 26.7. The second-order valence-electron chi connectivity index (χ2n) is 12.0. The summed E-state index contributed by atoms with van der Waals surface area (Å²) < 4.78 is 24.9. The van der Waals surface area contributed by atoms with E-state index in [0.717, 1.165) is 30.5 Å². The van der Waals surface area contributed by atoms with E-state index in [1.54, 1.807) is 17.9 Å². The van der Waals surface area contributed by atoms with Crippen LogP contribution in [0.15, 0.2) is 24.3 Å². The van der Waals surface area contributed by atoms with Gasteiger partial charge in [0, 0.05) is 34.6 Å². The summed E-state index contributed by atoms with van der Waals surface area (Å²) in [5.74, 6) is 4.76. The Morgan fingerprint density at radius 3 is 2.76 bits per heavy atom. The molecular weight excluding hydrogens is 593 g/mol. The van der Waals surface area contributed by atoms with E-state index in [-0.39, 0.29) is 41.9 Å². The molecule has 0 aliphatic carbocycles. The molecule has 2 aromatic carbocycles. The summed E-state index contributed by atoms with van der Waals surface area (Å²) in [6.07, 6.45) is 3.32. The highest BCUT2D eigenvalue weighted by molar-refractivity contribution is 6.31. The van der Waals surface area contributed by atoms with E-state index in [1.807, 2.05) is 36.7 Å². The molecule has 0 saturated carbocycles. The van der Waals surface area contributed by atoms with Crippen molar-refractivity contribution in [3.63, 3.8) is 0 Å². The van der Waals surface area contributed by atoms with Crippen LogP contribution in [0.2, 0.25) is 5.02 Å². The fourth-order valence-electron chi connectivity index (χ4n) is 6.83. The van der Waals surface area contributed by atoms with Crippen LogP contribution in [-0.4, -0.2) is 74.5 Å². The number of carbonyl (C=O) groups excluding carboxylic acids is 1. The minimum Gasteiger partial charge on any atom is -0.474 e. The molecule has 1 amide bonds. The highest BCUT2D eigenvalue weighted by Gasteiger charge is 2.34. The van der Waals surface area contributed by atoms with Gasteiger partial charge in [0.05, 0.1) is 18.5 Å². The van der Waals surface area contributed by atoms with Gasteiger partial charge in [0.1, 0.15) is 17.6 Å². The lowest BCUT2D eigenvalue weighted by Gasteiger charge is -2.37. The third-order valence-corrected chi connectivity index (χ3v) is 9.69. The standard InChI is InChI=1S/C34H35ClFN7O2/c1-5-8-28(44)42-16-13-23(18-22(42)12-14-37)43-33-26-17-20(2)29(25-10-6-11-27(35)21(25)3)30(36)31(26)38-34(32(33)39-40-43)45-19-24-9-7-15-41(24)4/h6,10-11,17,22-24H,7,9,12-13,15-16,18-19H2,1-4H3/t22-,23+,24+/m1/s1. The van der Waals surface area contributed by atoms with Crippen LogP contribution in [0.4, 0.5) is 4.39 Å². The molecule has 45 heavy (non-hydrogen) atoms. The number of pyridine rings is 1. The maximum atomic E-state index is 16.8. The number of halogens is 2. The largest absolute Gasteiger partial charge is 0.474 e. The van der Waals surface area contributed by atoms with E-state index in [1.165, 1.54) is 0 Å². The van der Waals surface area contributed by atoms with E-state index in [2.05, 4.69) is 40.2 Å². The molecule has 0 N–H and O–H groups in total. The summed E-state index contributed by atoms with van der Waals surface area (Å²) in [6.45, 7) is 7.18.